The molecular formula is C8H9BrN2O2. The molecule has 0 spiro atoms. The van der Waals surface area contributed by atoms with Crippen molar-refractivity contribution < 1.29 is 0 Å². The molecule has 0 saturated carbocycles. The number of nitrogens with zero attached hydrogens (tertiary/aromatic N) is 1. The third-order valence-corrected chi connectivity index (χ3v) is 2.11. The van der Waals surface area contributed by atoms with Gasteiger partial charge < -0.3 is 0 Å². The van der Waals surface area contributed by atoms with E-state index in [1.165, 1.54) is 10.8 Å². The molecule has 0 saturated heterocycles. The molecular weight excluding hydrogens is 236 g/mol. The predicted octanol–water partition coefficient (Wildman–Crippen LogP) is 0.875. The molecule has 0 unspecified atom stereocenters. The Balaban J connectivity index is 3.08. The summed E-state index contributed by atoms with van der Waals surface area (Å²) in [5.41, 5.74) is -0.796. The van der Waals surface area contributed by atoms with Crippen LogP contribution >= 0.6 is 15.9 Å². The molecule has 0 aliphatic carbocycles. The minimum atomic E-state index is -0.403. The van der Waals surface area contributed by atoms with E-state index >= 15 is 0 Å². The highest BCUT2D eigenvalue weighted by Crippen LogP contribution is 1.98. The molecule has 0 radical (unpaired) electrons. The lowest BCUT2D eigenvalue weighted by Crippen LogP contribution is -2.29. The number of aryl methyl sites for hydroxylation is 1. The van der Waals surface area contributed by atoms with Gasteiger partial charge in [0.1, 0.15) is 0 Å². The summed E-state index contributed by atoms with van der Waals surface area (Å²) in [7, 11) is 0. The highest BCUT2D eigenvalue weighted by molar-refractivity contribution is 9.10. The first-order chi connectivity index (χ1) is 6.15. The summed E-state index contributed by atoms with van der Waals surface area (Å²) in [6, 6.07) is 0. The molecule has 13 heavy (non-hydrogen) atoms. The van der Waals surface area contributed by atoms with Gasteiger partial charge >= 0.3 is 5.69 Å². The Kier molecular flexibility index (Phi) is 3.25. The van der Waals surface area contributed by atoms with Crippen molar-refractivity contribution in [3.05, 3.63) is 44.2 Å². The van der Waals surface area contributed by atoms with Crippen molar-refractivity contribution in [1.29, 1.82) is 0 Å². The van der Waals surface area contributed by atoms with Crippen LogP contribution in [0.3, 0.4) is 0 Å². The average Bonchev–Trinajstić information content (AvgIpc) is 2.09. The van der Waals surface area contributed by atoms with Crippen molar-refractivity contribution in [2.45, 2.75) is 13.0 Å². The summed E-state index contributed by atoms with van der Waals surface area (Å²) in [5.74, 6) is 0. The fraction of sp³-hybridized carbons (Fsp3) is 0.250. The zero-order valence-electron chi connectivity index (χ0n) is 6.92. The number of aromatic nitrogens is 2. The highest BCUT2D eigenvalue weighted by atomic mass is 79.9. The number of halogens is 1. The van der Waals surface area contributed by atoms with E-state index in [2.05, 4.69) is 27.5 Å². The lowest BCUT2D eigenvalue weighted by atomic mass is 10.4. The van der Waals surface area contributed by atoms with Crippen LogP contribution in [0.4, 0.5) is 0 Å². The van der Waals surface area contributed by atoms with Gasteiger partial charge in [-0.3, -0.25) is 14.3 Å². The Morgan fingerprint density at radius 1 is 1.62 bits per heavy atom. The van der Waals surface area contributed by atoms with E-state index < -0.39 is 11.2 Å². The SMILES string of the molecule is C=CCCn1cc(Br)c(=O)[nH]c1=O. The molecule has 0 aliphatic rings. The molecule has 0 atom stereocenters. The van der Waals surface area contributed by atoms with Crippen molar-refractivity contribution in [3.63, 3.8) is 0 Å². The smallest absolute Gasteiger partial charge is 0.299 e. The van der Waals surface area contributed by atoms with Gasteiger partial charge in [-0.05, 0) is 22.4 Å². The summed E-state index contributed by atoms with van der Waals surface area (Å²) in [4.78, 5) is 24.3. The van der Waals surface area contributed by atoms with Crippen molar-refractivity contribution in [1.82, 2.24) is 9.55 Å². The quantitative estimate of drug-likeness (QED) is 0.803. The monoisotopic (exact) mass is 244 g/mol. The largest absolute Gasteiger partial charge is 0.328 e. The van der Waals surface area contributed by atoms with Crippen LogP contribution in [0.15, 0.2) is 32.9 Å². The van der Waals surface area contributed by atoms with E-state index in [4.69, 9.17) is 0 Å². The van der Waals surface area contributed by atoms with Crippen LogP contribution in [0, 0.1) is 0 Å². The molecule has 1 aromatic heterocycles. The van der Waals surface area contributed by atoms with E-state index in [1.54, 1.807) is 6.08 Å². The van der Waals surface area contributed by atoms with Crippen LogP contribution in [0.2, 0.25) is 0 Å². The summed E-state index contributed by atoms with van der Waals surface area (Å²) in [6.07, 6.45) is 3.88. The summed E-state index contributed by atoms with van der Waals surface area (Å²) in [5, 5.41) is 0. The molecule has 1 heterocycles. The van der Waals surface area contributed by atoms with E-state index in [-0.39, 0.29) is 0 Å². The normalized spacial score (nSPS) is 9.92. The first-order valence-corrected chi connectivity index (χ1v) is 4.54. The van der Waals surface area contributed by atoms with Crippen molar-refractivity contribution in [2.24, 2.45) is 0 Å². The van der Waals surface area contributed by atoms with Crippen molar-refractivity contribution >= 4 is 15.9 Å². The zero-order valence-corrected chi connectivity index (χ0v) is 8.50. The van der Waals surface area contributed by atoms with E-state index in [9.17, 15) is 9.59 Å². The Morgan fingerprint density at radius 3 is 2.92 bits per heavy atom. The van der Waals surface area contributed by atoms with Crippen molar-refractivity contribution in [2.75, 3.05) is 0 Å². The maximum absolute atomic E-state index is 11.2. The maximum Gasteiger partial charge on any atom is 0.328 e. The van der Waals surface area contributed by atoms with Crippen LogP contribution < -0.4 is 11.2 Å². The topological polar surface area (TPSA) is 54.9 Å². The molecule has 1 N–H and O–H groups in total. The van der Waals surface area contributed by atoms with Gasteiger partial charge in [-0.15, -0.1) is 6.58 Å². The summed E-state index contributed by atoms with van der Waals surface area (Å²) >= 11 is 3.04. The molecule has 0 amide bonds. The zero-order chi connectivity index (χ0) is 9.84. The standard InChI is InChI=1S/C8H9BrN2O2/c1-2-3-4-11-5-6(9)7(12)10-8(11)13/h2,5H,1,3-4H2,(H,10,12,13). The van der Waals surface area contributed by atoms with Crippen LogP contribution in [0.1, 0.15) is 6.42 Å². The second kappa shape index (κ2) is 4.23. The number of nitrogens with one attached hydrogen (secondary N) is 1. The van der Waals surface area contributed by atoms with E-state index in [0.29, 0.717) is 17.4 Å². The molecule has 0 aromatic carbocycles. The minimum absolute atomic E-state index is 0.358. The van der Waals surface area contributed by atoms with Gasteiger partial charge in [-0.25, -0.2) is 4.79 Å². The van der Waals surface area contributed by atoms with Gasteiger partial charge in [0.25, 0.3) is 5.56 Å². The van der Waals surface area contributed by atoms with E-state index in [1.807, 2.05) is 0 Å². The third kappa shape index (κ3) is 2.42. The molecule has 0 fully saturated rings. The van der Waals surface area contributed by atoms with Gasteiger partial charge in [-0.2, -0.15) is 0 Å². The number of H-pyrrole nitrogens is 1. The predicted molar refractivity (Wildman–Crippen MR) is 53.8 cm³/mol. The van der Waals surface area contributed by atoms with E-state index in [0.717, 1.165) is 0 Å². The maximum atomic E-state index is 11.2. The molecule has 5 heteroatoms. The Labute approximate surface area is 83.0 Å². The summed E-state index contributed by atoms with van der Waals surface area (Å²) < 4.78 is 1.78. The second-order valence-corrected chi connectivity index (χ2v) is 3.36. The van der Waals surface area contributed by atoms with Crippen LogP contribution in [-0.4, -0.2) is 9.55 Å². The lowest BCUT2D eigenvalue weighted by molar-refractivity contribution is 0.652. The first kappa shape index (κ1) is 9.98. The second-order valence-electron chi connectivity index (χ2n) is 2.51. The molecule has 1 rings (SSSR count). The van der Waals surface area contributed by atoms with Gasteiger partial charge in [0.2, 0.25) is 0 Å². The minimum Gasteiger partial charge on any atom is -0.299 e. The Morgan fingerprint density at radius 2 is 2.31 bits per heavy atom. The number of hydrogen-bond donors (Lipinski definition) is 1. The molecule has 0 aliphatic heterocycles. The molecule has 4 nitrogen and oxygen atoms in total. The van der Waals surface area contributed by atoms with Gasteiger partial charge in [0, 0.05) is 12.7 Å². The fourth-order valence-corrected chi connectivity index (χ4v) is 1.23. The molecule has 70 valence electrons. The first-order valence-electron chi connectivity index (χ1n) is 3.75. The number of rotatable bonds is 3. The molecule has 1 aromatic rings. The number of hydrogen-bond acceptors (Lipinski definition) is 2. The van der Waals surface area contributed by atoms with Gasteiger partial charge in [-0.1, -0.05) is 6.08 Å². The third-order valence-electron chi connectivity index (χ3n) is 1.54. The van der Waals surface area contributed by atoms with Crippen molar-refractivity contribution in [3.8, 4) is 0 Å². The average molecular weight is 245 g/mol. The lowest BCUT2D eigenvalue weighted by Gasteiger charge is -2.01. The highest BCUT2D eigenvalue weighted by Gasteiger charge is 1.99. The van der Waals surface area contributed by atoms with Crippen LogP contribution in [-0.2, 0) is 6.54 Å². The number of aromatic amines is 1. The van der Waals surface area contributed by atoms with Gasteiger partial charge in [0.05, 0.1) is 4.47 Å². The fourth-order valence-electron chi connectivity index (χ4n) is 0.879. The van der Waals surface area contributed by atoms with Crippen LogP contribution in [0.25, 0.3) is 0 Å². The Bertz CT molecular complexity index is 419. The molecule has 0 bridgehead atoms. The summed E-state index contributed by atoms with van der Waals surface area (Å²) in [6.45, 7) is 4.07. The Hall–Kier alpha value is -1.10. The van der Waals surface area contributed by atoms with Crippen LogP contribution in [0.5, 0.6) is 0 Å². The number of allylic oxidation sites excluding steroid dienone is 1. The van der Waals surface area contributed by atoms with Gasteiger partial charge in [0.15, 0.2) is 0 Å².